The Balaban J connectivity index is 1.96. The molecule has 0 spiro atoms. The van der Waals surface area contributed by atoms with Crippen molar-refractivity contribution in [2.75, 3.05) is 6.54 Å². The van der Waals surface area contributed by atoms with Crippen molar-refractivity contribution >= 4 is 41.3 Å². The van der Waals surface area contributed by atoms with Gasteiger partial charge in [0.2, 0.25) is 16.9 Å². The van der Waals surface area contributed by atoms with Crippen molar-refractivity contribution in [3.63, 3.8) is 0 Å². The summed E-state index contributed by atoms with van der Waals surface area (Å²) in [5.41, 5.74) is 0.215. The quantitative estimate of drug-likeness (QED) is 0.492. The van der Waals surface area contributed by atoms with Crippen molar-refractivity contribution < 1.29 is 19.5 Å². The van der Waals surface area contributed by atoms with Gasteiger partial charge in [0.05, 0.1) is 17.9 Å². The topological polar surface area (TPSA) is 86.7 Å². The molecule has 0 saturated carbocycles. The summed E-state index contributed by atoms with van der Waals surface area (Å²) in [4.78, 5) is 37.6. The molecule has 2 amide bonds. The van der Waals surface area contributed by atoms with Crippen LogP contribution in [-0.2, 0) is 14.4 Å². The van der Waals surface area contributed by atoms with E-state index < -0.39 is 17.1 Å². The van der Waals surface area contributed by atoms with E-state index in [-0.39, 0.29) is 28.8 Å². The molecule has 0 radical (unpaired) electrons. The van der Waals surface area contributed by atoms with Gasteiger partial charge < -0.3 is 10.4 Å². The largest absolute Gasteiger partial charge is 0.392 e. The van der Waals surface area contributed by atoms with Crippen LogP contribution in [0.15, 0.2) is 10.6 Å². The first-order valence-corrected chi connectivity index (χ1v) is 7.69. The Kier molecular flexibility index (Phi) is 3.34. The number of thiol groups is 1. The van der Waals surface area contributed by atoms with Crippen LogP contribution in [0.4, 0.5) is 0 Å². The van der Waals surface area contributed by atoms with Gasteiger partial charge >= 0.3 is 0 Å². The molecule has 0 aliphatic carbocycles. The van der Waals surface area contributed by atoms with Gasteiger partial charge in [-0.15, -0.1) is 11.8 Å². The predicted octanol–water partition coefficient (Wildman–Crippen LogP) is -0.297. The summed E-state index contributed by atoms with van der Waals surface area (Å²) >= 11 is 5.16. The van der Waals surface area contributed by atoms with Gasteiger partial charge in [0.15, 0.2) is 0 Å². The van der Waals surface area contributed by atoms with Crippen molar-refractivity contribution in [3.8, 4) is 0 Å². The van der Waals surface area contributed by atoms with Gasteiger partial charge in [-0.2, -0.15) is 0 Å². The fraction of sp³-hybridized carbons (Fsp3) is 0.583. The Bertz CT molecular complexity index is 546. The smallest absolute Gasteiger partial charge is 0.236 e. The van der Waals surface area contributed by atoms with Crippen molar-refractivity contribution in [3.05, 3.63) is 10.6 Å². The van der Waals surface area contributed by atoms with Gasteiger partial charge in [-0.3, -0.25) is 19.3 Å². The van der Waals surface area contributed by atoms with Crippen molar-refractivity contribution in [2.24, 2.45) is 11.8 Å². The minimum absolute atomic E-state index is 0.122. The highest BCUT2D eigenvalue weighted by molar-refractivity contribution is 8.04. The Hall–Kier alpha value is -0.990. The number of carbonyl (C=O) groups is 3. The van der Waals surface area contributed by atoms with E-state index in [1.54, 1.807) is 6.92 Å². The lowest BCUT2D eigenvalue weighted by Crippen LogP contribution is -2.60. The second kappa shape index (κ2) is 4.78. The number of rotatable bonds is 3. The Labute approximate surface area is 125 Å². The van der Waals surface area contributed by atoms with Gasteiger partial charge in [0, 0.05) is 11.4 Å². The van der Waals surface area contributed by atoms with Crippen LogP contribution < -0.4 is 5.32 Å². The summed E-state index contributed by atoms with van der Waals surface area (Å²) in [6.45, 7) is 2.13. The molecule has 2 saturated heterocycles. The zero-order chi connectivity index (χ0) is 14.6. The van der Waals surface area contributed by atoms with E-state index in [9.17, 15) is 19.5 Å². The Morgan fingerprint density at radius 2 is 2.25 bits per heavy atom. The number of aliphatic hydroxyl groups excluding tert-OH is 1. The predicted molar refractivity (Wildman–Crippen MR) is 75.5 cm³/mol. The Morgan fingerprint density at radius 3 is 2.75 bits per heavy atom. The molecule has 3 aliphatic rings. The third-order valence-electron chi connectivity index (χ3n) is 3.89. The zero-order valence-corrected chi connectivity index (χ0v) is 12.4. The maximum absolute atomic E-state index is 12.1. The van der Waals surface area contributed by atoms with Crippen LogP contribution in [0.1, 0.15) is 13.3 Å². The first-order valence-electron chi connectivity index (χ1n) is 6.36. The number of carbonyl (C=O) groups excluding carboxylic acids is 3. The first-order chi connectivity index (χ1) is 9.43. The van der Waals surface area contributed by atoms with Crippen molar-refractivity contribution in [1.82, 2.24) is 10.2 Å². The number of thioether (sulfide) groups is 1. The fourth-order valence-electron chi connectivity index (χ4n) is 2.90. The maximum atomic E-state index is 12.1. The van der Waals surface area contributed by atoms with E-state index in [0.29, 0.717) is 17.9 Å². The van der Waals surface area contributed by atoms with E-state index in [4.69, 9.17) is 0 Å². The number of nitrogens with one attached hydrogen (secondary N) is 1. The average molecular weight is 314 g/mol. The molecule has 3 aliphatic heterocycles. The molecule has 6 nitrogen and oxygen atoms in total. The molecule has 3 rings (SSSR count). The number of nitrogens with zero attached hydrogens (tertiary/aromatic N) is 1. The molecule has 0 aromatic carbocycles. The number of β-lactam (4-membered cyclic amide) rings is 1. The summed E-state index contributed by atoms with van der Waals surface area (Å²) in [7, 11) is 0. The lowest BCUT2D eigenvalue weighted by molar-refractivity contribution is -0.153. The molecular weight excluding hydrogens is 300 g/mol. The number of aliphatic hydroxyl groups is 1. The molecule has 4 atom stereocenters. The summed E-state index contributed by atoms with van der Waals surface area (Å²) in [5.74, 6) is -1.31. The molecule has 108 valence electrons. The Morgan fingerprint density at radius 1 is 1.55 bits per heavy atom. The minimum atomic E-state index is -0.774. The molecule has 1 unspecified atom stereocenters. The lowest BCUT2D eigenvalue weighted by atomic mass is 9.92. The first kappa shape index (κ1) is 14.0. The molecule has 0 bridgehead atoms. The SMILES string of the molecule is C[C@@H](O)[C@H]1C(=O)N2C(C(=O)S)=C(C3CCNC3=O)S[C@H]12. The van der Waals surface area contributed by atoms with E-state index in [1.807, 2.05) is 0 Å². The monoisotopic (exact) mass is 314 g/mol. The van der Waals surface area contributed by atoms with Gasteiger partial charge in [-0.25, -0.2) is 0 Å². The fourth-order valence-corrected chi connectivity index (χ4v) is 4.96. The van der Waals surface area contributed by atoms with E-state index >= 15 is 0 Å². The van der Waals surface area contributed by atoms with Gasteiger partial charge in [0.1, 0.15) is 11.1 Å². The van der Waals surface area contributed by atoms with Gasteiger partial charge in [-0.05, 0) is 13.3 Å². The number of amides is 2. The number of hydrogen-bond acceptors (Lipinski definition) is 5. The van der Waals surface area contributed by atoms with Crippen LogP contribution in [0.5, 0.6) is 0 Å². The van der Waals surface area contributed by atoms with E-state index in [2.05, 4.69) is 17.9 Å². The van der Waals surface area contributed by atoms with Crippen molar-refractivity contribution in [1.29, 1.82) is 0 Å². The molecule has 3 heterocycles. The van der Waals surface area contributed by atoms with Crippen LogP contribution >= 0.6 is 24.4 Å². The van der Waals surface area contributed by atoms with Crippen LogP contribution in [0.2, 0.25) is 0 Å². The molecule has 2 N–H and O–H groups in total. The minimum Gasteiger partial charge on any atom is -0.392 e. The molecule has 0 aromatic heterocycles. The van der Waals surface area contributed by atoms with Gasteiger partial charge in [-0.1, -0.05) is 12.6 Å². The summed E-state index contributed by atoms with van der Waals surface area (Å²) in [5, 5.41) is 11.6. The third-order valence-corrected chi connectivity index (χ3v) is 5.58. The van der Waals surface area contributed by atoms with Crippen LogP contribution in [0.3, 0.4) is 0 Å². The summed E-state index contributed by atoms with van der Waals surface area (Å²) in [6, 6.07) is 0. The second-order valence-electron chi connectivity index (χ2n) is 5.13. The van der Waals surface area contributed by atoms with Gasteiger partial charge in [0.25, 0.3) is 0 Å². The summed E-state index contributed by atoms with van der Waals surface area (Å²) in [6.07, 6.45) is -0.163. The molecule has 0 aromatic rings. The summed E-state index contributed by atoms with van der Waals surface area (Å²) < 4.78 is 0. The molecule has 2 fully saturated rings. The highest BCUT2D eigenvalue weighted by atomic mass is 32.2. The lowest BCUT2D eigenvalue weighted by Gasteiger charge is -2.43. The highest BCUT2D eigenvalue weighted by Gasteiger charge is 2.58. The van der Waals surface area contributed by atoms with Crippen molar-refractivity contribution in [2.45, 2.75) is 24.8 Å². The highest BCUT2D eigenvalue weighted by Crippen LogP contribution is 2.53. The molecule has 20 heavy (non-hydrogen) atoms. The molecule has 8 heteroatoms. The number of fused-ring (bicyclic) bond motifs is 1. The van der Waals surface area contributed by atoms with Crippen LogP contribution in [0, 0.1) is 11.8 Å². The van der Waals surface area contributed by atoms with Crippen LogP contribution in [-0.4, -0.2) is 45.0 Å². The second-order valence-corrected chi connectivity index (χ2v) is 6.70. The standard InChI is InChI=1S/C12H14N2O4S2/c1-4(15)6-10(17)14-7(12(18)19)8(20-11(6)14)5-2-3-13-9(5)16/h4-6,11,15H,2-3H2,1H3,(H,13,16)(H,18,19)/t4-,5?,6+,11-/m1/s1. The maximum Gasteiger partial charge on any atom is 0.236 e. The van der Waals surface area contributed by atoms with E-state index in [0.717, 1.165) is 0 Å². The van der Waals surface area contributed by atoms with E-state index in [1.165, 1.54) is 16.7 Å². The molecular formula is C12H14N2O4S2. The third kappa shape index (κ3) is 1.82. The van der Waals surface area contributed by atoms with Crippen LogP contribution in [0.25, 0.3) is 0 Å². The normalized spacial score (nSPS) is 34.0. The average Bonchev–Trinajstić information content (AvgIpc) is 2.89. The number of hydrogen-bond donors (Lipinski definition) is 3. The zero-order valence-electron chi connectivity index (χ0n) is 10.7.